The van der Waals surface area contributed by atoms with E-state index < -0.39 is 0 Å². The number of hydrazone groups is 1. The Morgan fingerprint density at radius 3 is 2.16 bits per heavy atom. The quantitative estimate of drug-likeness (QED) is 0.648. The van der Waals surface area contributed by atoms with Crippen molar-refractivity contribution in [2.24, 2.45) is 11.0 Å². The molecule has 0 aliphatic heterocycles. The van der Waals surface area contributed by atoms with Crippen molar-refractivity contribution in [3.63, 3.8) is 0 Å². The van der Waals surface area contributed by atoms with Crippen LogP contribution in [0.25, 0.3) is 0 Å². The van der Waals surface area contributed by atoms with Crippen LogP contribution in [0.2, 0.25) is 0 Å². The molecule has 2 amide bonds. The van der Waals surface area contributed by atoms with Gasteiger partial charge in [0.25, 0.3) is 5.91 Å². The Labute approximate surface area is 147 Å². The highest BCUT2D eigenvalue weighted by molar-refractivity contribution is 6.01. The summed E-state index contributed by atoms with van der Waals surface area (Å²) in [5.74, 6) is -0.0795. The summed E-state index contributed by atoms with van der Waals surface area (Å²) in [6, 6.07) is 14.8. The average molecular weight is 335 g/mol. The second-order valence-electron chi connectivity index (χ2n) is 6.35. The van der Waals surface area contributed by atoms with Crippen LogP contribution in [0.1, 0.15) is 41.3 Å². The maximum Gasteiger partial charge on any atom is 0.271 e. The first-order chi connectivity index (χ1) is 12.0. The van der Waals surface area contributed by atoms with Gasteiger partial charge in [-0.25, -0.2) is 5.43 Å². The van der Waals surface area contributed by atoms with Gasteiger partial charge in [0, 0.05) is 17.2 Å². The van der Waals surface area contributed by atoms with Gasteiger partial charge >= 0.3 is 0 Å². The number of hydrogen-bond donors (Lipinski definition) is 2. The highest BCUT2D eigenvalue weighted by atomic mass is 16.2. The zero-order valence-corrected chi connectivity index (χ0v) is 14.4. The molecule has 2 aromatic carbocycles. The molecular weight excluding hydrogens is 314 g/mol. The van der Waals surface area contributed by atoms with Gasteiger partial charge in [-0.2, -0.15) is 5.10 Å². The topological polar surface area (TPSA) is 70.6 Å². The van der Waals surface area contributed by atoms with Gasteiger partial charge in [0.15, 0.2) is 0 Å². The highest BCUT2D eigenvalue weighted by Crippen LogP contribution is 2.30. The SMILES string of the molecule is CC(=NNC(=O)c1ccc(NC(=O)C2CC2)cc1)c1ccc(C)cc1. The fourth-order valence-electron chi connectivity index (χ4n) is 2.35. The third-order valence-electron chi connectivity index (χ3n) is 4.16. The third-order valence-corrected chi connectivity index (χ3v) is 4.16. The average Bonchev–Trinajstić information content (AvgIpc) is 3.46. The molecule has 0 saturated heterocycles. The monoisotopic (exact) mass is 335 g/mol. The van der Waals surface area contributed by atoms with E-state index in [2.05, 4.69) is 15.8 Å². The van der Waals surface area contributed by atoms with Gasteiger partial charge < -0.3 is 5.32 Å². The molecule has 0 spiro atoms. The third kappa shape index (κ3) is 4.53. The predicted molar refractivity (Wildman–Crippen MR) is 98.7 cm³/mol. The van der Waals surface area contributed by atoms with Crippen LogP contribution in [0, 0.1) is 12.8 Å². The number of carbonyl (C=O) groups is 2. The maximum absolute atomic E-state index is 12.2. The number of nitrogens with one attached hydrogen (secondary N) is 2. The fourth-order valence-corrected chi connectivity index (χ4v) is 2.35. The molecule has 5 nitrogen and oxygen atoms in total. The summed E-state index contributed by atoms with van der Waals surface area (Å²) in [4.78, 5) is 23.9. The van der Waals surface area contributed by atoms with Crippen molar-refractivity contribution in [3.8, 4) is 0 Å². The highest BCUT2D eigenvalue weighted by Gasteiger charge is 2.29. The van der Waals surface area contributed by atoms with Crippen LogP contribution < -0.4 is 10.7 Å². The van der Waals surface area contributed by atoms with Crippen molar-refractivity contribution < 1.29 is 9.59 Å². The second-order valence-corrected chi connectivity index (χ2v) is 6.35. The fraction of sp³-hybridized carbons (Fsp3) is 0.250. The molecular formula is C20H21N3O2. The minimum atomic E-state index is -0.286. The molecule has 1 saturated carbocycles. The lowest BCUT2D eigenvalue weighted by Gasteiger charge is -2.06. The number of nitrogens with zero attached hydrogens (tertiary/aromatic N) is 1. The van der Waals surface area contributed by atoms with E-state index in [1.807, 2.05) is 38.1 Å². The first-order valence-electron chi connectivity index (χ1n) is 8.35. The standard InChI is InChI=1S/C20H21N3O2/c1-13-3-5-15(6-4-13)14(2)22-23-20(25)17-9-11-18(12-10-17)21-19(24)16-7-8-16/h3-6,9-12,16H,7-8H2,1-2H3,(H,21,24)(H,23,25). The van der Waals surface area contributed by atoms with Gasteiger partial charge in [-0.1, -0.05) is 29.8 Å². The summed E-state index contributed by atoms with van der Waals surface area (Å²) in [6.45, 7) is 3.87. The summed E-state index contributed by atoms with van der Waals surface area (Å²) < 4.78 is 0. The summed E-state index contributed by atoms with van der Waals surface area (Å²) >= 11 is 0. The predicted octanol–water partition coefficient (Wildman–Crippen LogP) is 3.50. The molecule has 0 unspecified atom stereocenters. The van der Waals surface area contributed by atoms with Gasteiger partial charge in [-0.05, 0) is 56.5 Å². The van der Waals surface area contributed by atoms with Crippen LogP contribution in [0.15, 0.2) is 53.6 Å². The minimum absolute atomic E-state index is 0.0514. The Kier molecular flexibility index (Phi) is 4.93. The molecule has 2 N–H and O–H groups in total. The minimum Gasteiger partial charge on any atom is -0.326 e. The van der Waals surface area contributed by atoms with E-state index in [1.165, 1.54) is 5.56 Å². The number of amides is 2. The van der Waals surface area contributed by atoms with Crippen LogP contribution in [0.4, 0.5) is 5.69 Å². The largest absolute Gasteiger partial charge is 0.326 e. The molecule has 1 aliphatic carbocycles. The Bertz CT molecular complexity index is 804. The van der Waals surface area contributed by atoms with Crippen LogP contribution >= 0.6 is 0 Å². The van der Waals surface area contributed by atoms with Crippen molar-refractivity contribution >= 4 is 23.2 Å². The van der Waals surface area contributed by atoms with Gasteiger partial charge in [-0.15, -0.1) is 0 Å². The Hall–Kier alpha value is -2.95. The molecule has 0 aromatic heterocycles. The van der Waals surface area contributed by atoms with Crippen molar-refractivity contribution in [1.29, 1.82) is 0 Å². The lowest BCUT2D eigenvalue weighted by molar-refractivity contribution is -0.117. The Morgan fingerprint density at radius 2 is 1.56 bits per heavy atom. The van der Waals surface area contributed by atoms with E-state index in [4.69, 9.17) is 0 Å². The number of rotatable bonds is 5. The Balaban J connectivity index is 1.59. The number of carbonyl (C=O) groups excluding carboxylic acids is 2. The number of anilines is 1. The lowest BCUT2D eigenvalue weighted by atomic mass is 10.1. The van der Waals surface area contributed by atoms with Crippen molar-refractivity contribution in [2.75, 3.05) is 5.32 Å². The second kappa shape index (κ2) is 7.30. The number of hydrogen-bond acceptors (Lipinski definition) is 3. The molecule has 2 aromatic rings. The van der Waals surface area contributed by atoms with E-state index in [0.29, 0.717) is 11.3 Å². The normalized spacial score (nSPS) is 14.1. The van der Waals surface area contributed by atoms with Crippen molar-refractivity contribution in [3.05, 3.63) is 65.2 Å². The van der Waals surface area contributed by atoms with E-state index in [1.54, 1.807) is 24.3 Å². The summed E-state index contributed by atoms with van der Waals surface area (Å²) in [5.41, 5.74) is 6.63. The smallest absolute Gasteiger partial charge is 0.271 e. The summed E-state index contributed by atoms with van der Waals surface area (Å²) in [6.07, 6.45) is 1.93. The van der Waals surface area contributed by atoms with E-state index in [9.17, 15) is 9.59 Å². The van der Waals surface area contributed by atoms with Crippen LogP contribution in [0.3, 0.4) is 0 Å². The zero-order valence-electron chi connectivity index (χ0n) is 14.4. The molecule has 128 valence electrons. The molecule has 0 atom stereocenters. The van der Waals surface area contributed by atoms with Gasteiger partial charge in [0.05, 0.1) is 5.71 Å². The zero-order chi connectivity index (χ0) is 17.8. The van der Waals surface area contributed by atoms with Crippen LogP contribution in [-0.2, 0) is 4.79 Å². The molecule has 0 bridgehead atoms. The summed E-state index contributed by atoms with van der Waals surface area (Å²) in [5, 5.41) is 7.00. The van der Waals surface area contributed by atoms with Crippen LogP contribution in [-0.4, -0.2) is 17.5 Å². The maximum atomic E-state index is 12.2. The number of benzene rings is 2. The molecule has 1 aliphatic rings. The van der Waals surface area contributed by atoms with Crippen molar-refractivity contribution in [1.82, 2.24) is 5.43 Å². The molecule has 5 heteroatoms. The number of aryl methyl sites for hydroxylation is 1. The molecule has 25 heavy (non-hydrogen) atoms. The van der Waals surface area contributed by atoms with Gasteiger partial charge in [-0.3, -0.25) is 9.59 Å². The van der Waals surface area contributed by atoms with Crippen LogP contribution in [0.5, 0.6) is 0 Å². The van der Waals surface area contributed by atoms with E-state index in [-0.39, 0.29) is 17.7 Å². The lowest BCUT2D eigenvalue weighted by Crippen LogP contribution is -2.19. The first kappa shape index (κ1) is 16.9. The van der Waals surface area contributed by atoms with E-state index >= 15 is 0 Å². The van der Waals surface area contributed by atoms with Crippen molar-refractivity contribution in [2.45, 2.75) is 26.7 Å². The van der Waals surface area contributed by atoms with Gasteiger partial charge in [0.1, 0.15) is 0 Å². The molecule has 3 rings (SSSR count). The molecule has 0 radical (unpaired) electrons. The molecule has 0 heterocycles. The van der Waals surface area contributed by atoms with Gasteiger partial charge in [0.2, 0.25) is 5.91 Å². The molecule has 1 fully saturated rings. The summed E-state index contributed by atoms with van der Waals surface area (Å²) in [7, 11) is 0. The first-order valence-corrected chi connectivity index (χ1v) is 8.35. The van der Waals surface area contributed by atoms with E-state index in [0.717, 1.165) is 24.1 Å². The Morgan fingerprint density at radius 1 is 0.960 bits per heavy atom.